The summed E-state index contributed by atoms with van der Waals surface area (Å²) < 4.78 is 32.5. The van der Waals surface area contributed by atoms with Gasteiger partial charge in [0.2, 0.25) is 10.0 Å². The number of ether oxygens (including phenoxy) is 1. The lowest BCUT2D eigenvalue weighted by Gasteiger charge is -2.34. The highest BCUT2D eigenvalue weighted by Crippen LogP contribution is 2.25. The van der Waals surface area contributed by atoms with E-state index in [-0.39, 0.29) is 0 Å². The van der Waals surface area contributed by atoms with Crippen molar-refractivity contribution < 1.29 is 13.2 Å². The zero-order chi connectivity index (χ0) is 18.7. The van der Waals surface area contributed by atoms with Gasteiger partial charge in [0.25, 0.3) is 0 Å². The summed E-state index contributed by atoms with van der Waals surface area (Å²) in [5.74, 6) is 0.795. The fourth-order valence-corrected chi connectivity index (χ4v) is 4.72. The fraction of sp³-hybridized carbons (Fsp3) is 0.368. The SMILES string of the molecule is COc1ccc(Cl)cc1CN1CCN(S(=O)(=O)c2ccc(C)cc2)CC1. The molecule has 0 saturated carbocycles. The van der Waals surface area contributed by atoms with Gasteiger partial charge in [0, 0.05) is 43.3 Å². The van der Waals surface area contributed by atoms with Crippen LogP contribution in [0, 0.1) is 6.92 Å². The number of rotatable bonds is 5. The van der Waals surface area contributed by atoms with Gasteiger partial charge in [-0.05, 0) is 37.3 Å². The summed E-state index contributed by atoms with van der Waals surface area (Å²) in [6, 6.07) is 12.6. The second-order valence-corrected chi connectivity index (χ2v) is 8.82. The van der Waals surface area contributed by atoms with Gasteiger partial charge in [-0.1, -0.05) is 29.3 Å². The van der Waals surface area contributed by atoms with Crippen molar-refractivity contribution in [3.8, 4) is 5.75 Å². The Morgan fingerprint density at radius 1 is 1.04 bits per heavy atom. The normalized spacial score (nSPS) is 16.6. The first kappa shape index (κ1) is 19.2. The Labute approximate surface area is 160 Å². The second-order valence-electron chi connectivity index (χ2n) is 6.45. The number of benzene rings is 2. The maximum atomic E-state index is 12.8. The van der Waals surface area contributed by atoms with Crippen molar-refractivity contribution >= 4 is 21.6 Å². The van der Waals surface area contributed by atoms with Gasteiger partial charge in [0.05, 0.1) is 12.0 Å². The van der Waals surface area contributed by atoms with Gasteiger partial charge in [0.1, 0.15) is 5.75 Å². The Morgan fingerprint density at radius 2 is 1.69 bits per heavy atom. The second kappa shape index (κ2) is 7.96. The minimum Gasteiger partial charge on any atom is -0.496 e. The molecule has 140 valence electrons. The molecule has 5 nitrogen and oxygen atoms in total. The molecule has 3 rings (SSSR count). The molecule has 0 radical (unpaired) electrons. The molecule has 7 heteroatoms. The van der Waals surface area contributed by atoms with Crippen LogP contribution in [0.5, 0.6) is 5.75 Å². The van der Waals surface area contributed by atoms with E-state index in [1.54, 1.807) is 29.6 Å². The number of methoxy groups -OCH3 is 1. The molecular weight excluding hydrogens is 372 g/mol. The highest BCUT2D eigenvalue weighted by Gasteiger charge is 2.28. The molecule has 1 aliphatic heterocycles. The van der Waals surface area contributed by atoms with Crippen molar-refractivity contribution in [3.05, 3.63) is 58.6 Å². The molecule has 26 heavy (non-hydrogen) atoms. The quantitative estimate of drug-likeness (QED) is 0.781. The first-order valence-electron chi connectivity index (χ1n) is 8.52. The third-order valence-electron chi connectivity index (χ3n) is 4.63. The zero-order valence-corrected chi connectivity index (χ0v) is 16.6. The van der Waals surface area contributed by atoms with Crippen molar-refractivity contribution in [2.45, 2.75) is 18.4 Å². The lowest BCUT2D eigenvalue weighted by molar-refractivity contribution is 0.180. The van der Waals surface area contributed by atoms with E-state index in [9.17, 15) is 8.42 Å². The van der Waals surface area contributed by atoms with Crippen LogP contribution >= 0.6 is 11.6 Å². The molecule has 2 aromatic carbocycles. The molecule has 1 aliphatic rings. The van der Waals surface area contributed by atoms with Crippen molar-refractivity contribution in [1.82, 2.24) is 9.21 Å². The topological polar surface area (TPSA) is 49.9 Å². The van der Waals surface area contributed by atoms with Crippen LogP contribution in [0.4, 0.5) is 0 Å². The summed E-state index contributed by atoms with van der Waals surface area (Å²) in [5, 5.41) is 0.668. The van der Waals surface area contributed by atoms with Crippen LogP contribution in [0.25, 0.3) is 0 Å². The molecule has 0 bridgehead atoms. The van der Waals surface area contributed by atoms with Crippen molar-refractivity contribution in [1.29, 1.82) is 0 Å². The zero-order valence-electron chi connectivity index (χ0n) is 15.0. The standard InChI is InChI=1S/C19H23ClN2O3S/c1-15-3-6-18(7-4-15)26(23,24)22-11-9-21(10-12-22)14-16-13-17(20)5-8-19(16)25-2/h3-8,13H,9-12,14H2,1-2H3. The molecule has 1 saturated heterocycles. The van der Waals surface area contributed by atoms with Gasteiger partial charge in [-0.25, -0.2) is 8.42 Å². The van der Waals surface area contributed by atoms with E-state index in [4.69, 9.17) is 16.3 Å². The van der Waals surface area contributed by atoms with E-state index in [0.717, 1.165) is 16.9 Å². The molecule has 0 N–H and O–H groups in total. The lowest BCUT2D eigenvalue weighted by atomic mass is 10.1. The Kier molecular flexibility index (Phi) is 5.87. The van der Waals surface area contributed by atoms with Crippen LogP contribution in [-0.4, -0.2) is 50.9 Å². The summed E-state index contributed by atoms with van der Waals surface area (Å²) in [7, 11) is -1.80. The van der Waals surface area contributed by atoms with Gasteiger partial charge in [-0.2, -0.15) is 4.31 Å². The van der Waals surface area contributed by atoms with Crippen LogP contribution in [0.15, 0.2) is 47.4 Å². The van der Waals surface area contributed by atoms with Gasteiger partial charge in [0.15, 0.2) is 0 Å². The molecular formula is C19H23ClN2O3S. The largest absolute Gasteiger partial charge is 0.496 e. The van der Waals surface area contributed by atoms with Crippen LogP contribution in [0.2, 0.25) is 5.02 Å². The van der Waals surface area contributed by atoms with Crippen molar-refractivity contribution in [2.24, 2.45) is 0 Å². The van der Waals surface area contributed by atoms with E-state index in [2.05, 4.69) is 4.90 Å². The van der Waals surface area contributed by atoms with Crippen molar-refractivity contribution in [3.63, 3.8) is 0 Å². The Bertz CT molecular complexity index is 861. The third kappa shape index (κ3) is 4.20. The van der Waals surface area contributed by atoms with Gasteiger partial charge in [-0.15, -0.1) is 0 Å². The number of sulfonamides is 1. The van der Waals surface area contributed by atoms with Gasteiger partial charge >= 0.3 is 0 Å². The maximum Gasteiger partial charge on any atom is 0.243 e. The summed E-state index contributed by atoms with van der Waals surface area (Å²) in [4.78, 5) is 2.57. The average molecular weight is 395 g/mol. The van der Waals surface area contributed by atoms with E-state index in [1.165, 1.54) is 0 Å². The van der Waals surface area contributed by atoms with E-state index < -0.39 is 10.0 Å². The van der Waals surface area contributed by atoms with Gasteiger partial charge < -0.3 is 4.74 Å². The molecule has 0 aromatic heterocycles. The Balaban J connectivity index is 1.66. The van der Waals surface area contributed by atoms with Crippen molar-refractivity contribution in [2.75, 3.05) is 33.3 Å². The van der Waals surface area contributed by atoms with Crippen LogP contribution in [0.1, 0.15) is 11.1 Å². The number of nitrogens with zero attached hydrogens (tertiary/aromatic N) is 2. The summed E-state index contributed by atoms with van der Waals surface area (Å²) >= 11 is 6.09. The number of hydrogen-bond acceptors (Lipinski definition) is 4. The first-order valence-corrected chi connectivity index (χ1v) is 10.3. The molecule has 1 heterocycles. The van der Waals surface area contributed by atoms with Crippen LogP contribution < -0.4 is 4.74 Å². The van der Waals surface area contributed by atoms with Crippen LogP contribution in [0.3, 0.4) is 0 Å². The van der Waals surface area contributed by atoms with Gasteiger partial charge in [-0.3, -0.25) is 4.90 Å². The summed E-state index contributed by atoms with van der Waals surface area (Å²) in [6.45, 7) is 4.90. The summed E-state index contributed by atoms with van der Waals surface area (Å²) in [5.41, 5.74) is 2.05. The molecule has 0 amide bonds. The average Bonchev–Trinajstić information content (AvgIpc) is 2.63. The lowest BCUT2D eigenvalue weighted by Crippen LogP contribution is -2.48. The minimum atomic E-state index is -3.43. The van der Waals surface area contributed by atoms with E-state index >= 15 is 0 Å². The molecule has 1 fully saturated rings. The minimum absolute atomic E-state index is 0.355. The molecule has 0 atom stereocenters. The monoisotopic (exact) mass is 394 g/mol. The first-order chi connectivity index (χ1) is 12.4. The maximum absolute atomic E-state index is 12.8. The highest BCUT2D eigenvalue weighted by molar-refractivity contribution is 7.89. The van der Waals surface area contributed by atoms with E-state index in [0.29, 0.717) is 42.6 Å². The Hall–Kier alpha value is -1.60. The molecule has 0 spiro atoms. The number of aryl methyl sites for hydroxylation is 1. The van der Waals surface area contributed by atoms with Crippen LogP contribution in [-0.2, 0) is 16.6 Å². The number of piperazine rings is 1. The molecule has 2 aromatic rings. The Morgan fingerprint density at radius 3 is 2.31 bits per heavy atom. The predicted molar refractivity (Wildman–Crippen MR) is 103 cm³/mol. The predicted octanol–water partition coefficient (Wildman–Crippen LogP) is 3.16. The number of hydrogen-bond donors (Lipinski definition) is 0. The highest BCUT2D eigenvalue weighted by atomic mass is 35.5. The molecule has 0 aliphatic carbocycles. The molecule has 0 unspecified atom stereocenters. The summed E-state index contributed by atoms with van der Waals surface area (Å²) in [6.07, 6.45) is 0. The number of halogens is 1. The fourth-order valence-electron chi connectivity index (χ4n) is 3.10. The smallest absolute Gasteiger partial charge is 0.243 e. The van der Waals surface area contributed by atoms with E-state index in [1.807, 2.05) is 31.2 Å². The third-order valence-corrected chi connectivity index (χ3v) is 6.77.